The van der Waals surface area contributed by atoms with Crippen molar-refractivity contribution in [1.82, 2.24) is 0 Å². The van der Waals surface area contributed by atoms with Crippen LogP contribution in [0, 0.1) is 0 Å². The van der Waals surface area contributed by atoms with Crippen molar-refractivity contribution in [1.29, 1.82) is 0 Å². The van der Waals surface area contributed by atoms with Crippen LogP contribution in [0.5, 0.6) is 17.2 Å². The van der Waals surface area contributed by atoms with Gasteiger partial charge in [0.2, 0.25) is 5.75 Å². The standard InChI is InChI=1S/C24H32O5/c1-16(2)9-8-10-17(3)13-14-27-21-19-12-11-18(29-24(4,5)6)15-20(19)28-23(25)22(21)26-7/h9,11-13,15H,8,10,14H2,1-7H3/b17-13+. The van der Waals surface area contributed by atoms with E-state index in [2.05, 4.69) is 26.8 Å². The lowest BCUT2D eigenvalue weighted by Crippen LogP contribution is -2.22. The molecule has 5 nitrogen and oxygen atoms in total. The second kappa shape index (κ2) is 9.68. The molecule has 158 valence electrons. The summed E-state index contributed by atoms with van der Waals surface area (Å²) in [7, 11) is 1.43. The zero-order valence-corrected chi connectivity index (χ0v) is 18.5. The van der Waals surface area contributed by atoms with Crippen molar-refractivity contribution in [3.8, 4) is 17.2 Å². The highest BCUT2D eigenvalue weighted by Gasteiger charge is 2.19. The summed E-state index contributed by atoms with van der Waals surface area (Å²) in [5.74, 6) is 1.08. The highest BCUT2D eigenvalue weighted by molar-refractivity contribution is 5.86. The number of hydrogen-bond acceptors (Lipinski definition) is 5. The summed E-state index contributed by atoms with van der Waals surface area (Å²) in [4.78, 5) is 12.3. The molecule has 0 unspecified atom stereocenters. The quantitative estimate of drug-likeness (QED) is 0.399. The Morgan fingerprint density at radius 2 is 1.83 bits per heavy atom. The van der Waals surface area contributed by atoms with Crippen molar-refractivity contribution in [3.05, 3.63) is 51.9 Å². The van der Waals surface area contributed by atoms with E-state index in [1.54, 1.807) is 6.07 Å². The van der Waals surface area contributed by atoms with Gasteiger partial charge >= 0.3 is 5.63 Å². The van der Waals surface area contributed by atoms with Gasteiger partial charge in [-0.25, -0.2) is 4.79 Å². The van der Waals surface area contributed by atoms with Crippen LogP contribution in [0.2, 0.25) is 0 Å². The van der Waals surface area contributed by atoms with Gasteiger partial charge in [0.15, 0.2) is 5.75 Å². The Kier molecular flexibility index (Phi) is 7.54. The minimum Gasteiger partial charge on any atom is -0.488 e. The van der Waals surface area contributed by atoms with Crippen molar-refractivity contribution in [2.45, 2.75) is 60.0 Å². The number of hydrogen-bond donors (Lipinski definition) is 0. The van der Waals surface area contributed by atoms with Crippen LogP contribution >= 0.6 is 0 Å². The first-order valence-corrected chi connectivity index (χ1v) is 9.86. The van der Waals surface area contributed by atoms with Gasteiger partial charge in [-0.2, -0.15) is 0 Å². The zero-order valence-electron chi connectivity index (χ0n) is 18.5. The second-order valence-electron chi connectivity index (χ2n) is 8.31. The Balaban J connectivity index is 2.28. The van der Waals surface area contributed by atoms with E-state index in [0.717, 1.165) is 12.8 Å². The van der Waals surface area contributed by atoms with Gasteiger partial charge in [0.05, 0.1) is 12.5 Å². The molecule has 1 aromatic heterocycles. The van der Waals surface area contributed by atoms with Crippen molar-refractivity contribution >= 4 is 11.0 Å². The summed E-state index contributed by atoms with van der Waals surface area (Å²) in [5.41, 5.74) is 2.02. The SMILES string of the molecule is COc1c(OC/C=C(\C)CCC=C(C)C)c2ccc(OC(C)(C)C)cc2oc1=O. The Bertz CT molecular complexity index is 954. The second-order valence-corrected chi connectivity index (χ2v) is 8.31. The molecule has 29 heavy (non-hydrogen) atoms. The van der Waals surface area contributed by atoms with Gasteiger partial charge in [0.1, 0.15) is 23.5 Å². The predicted octanol–water partition coefficient (Wildman–Crippen LogP) is 6.05. The van der Waals surface area contributed by atoms with Crippen molar-refractivity contribution < 1.29 is 18.6 Å². The molecule has 2 rings (SSSR count). The van der Waals surface area contributed by atoms with Gasteiger partial charge in [-0.15, -0.1) is 0 Å². The van der Waals surface area contributed by atoms with Crippen LogP contribution in [0.25, 0.3) is 11.0 Å². The predicted molar refractivity (Wildman–Crippen MR) is 117 cm³/mol. The van der Waals surface area contributed by atoms with Gasteiger partial charge in [0, 0.05) is 6.07 Å². The molecule has 5 heteroatoms. The molecule has 0 aliphatic rings. The van der Waals surface area contributed by atoms with E-state index in [-0.39, 0.29) is 11.4 Å². The van der Waals surface area contributed by atoms with Crippen LogP contribution < -0.4 is 19.8 Å². The zero-order chi connectivity index (χ0) is 21.6. The van der Waals surface area contributed by atoms with Crippen LogP contribution in [0.4, 0.5) is 0 Å². The van der Waals surface area contributed by atoms with Crippen molar-refractivity contribution in [3.63, 3.8) is 0 Å². The van der Waals surface area contributed by atoms with E-state index in [0.29, 0.717) is 29.1 Å². The lowest BCUT2D eigenvalue weighted by molar-refractivity contribution is 0.131. The van der Waals surface area contributed by atoms with Crippen LogP contribution in [-0.4, -0.2) is 19.3 Å². The van der Waals surface area contributed by atoms with Gasteiger partial charge in [-0.05, 0) is 72.6 Å². The third-order valence-electron chi connectivity index (χ3n) is 4.17. The van der Waals surface area contributed by atoms with E-state index >= 15 is 0 Å². The molecule has 0 radical (unpaired) electrons. The fourth-order valence-electron chi connectivity index (χ4n) is 2.83. The molecule has 0 saturated carbocycles. The topological polar surface area (TPSA) is 57.9 Å². The molecule has 0 saturated heterocycles. The van der Waals surface area contributed by atoms with Crippen LogP contribution in [0.3, 0.4) is 0 Å². The maximum atomic E-state index is 12.3. The van der Waals surface area contributed by atoms with Gasteiger partial charge in [-0.1, -0.05) is 17.2 Å². The molecule has 0 aliphatic heterocycles. The normalized spacial score (nSPS) is 12.0. The Morgan fingerprint density at radius 3 is 2.45 bits per heavy atom. The molecule has 0 spiro atoms. The number of benzene rings is 1. The molecular formula is C24H32O5. The number of allylic oxidation sites excluding steroid dienone is 3. The third-order valence-corrected chi connectivity index (χ3v) is 4.17. The van der Waals surface area contributed by atoms with E-state index in [4.69, 9.17) is 18.6 Å². The van der Waals surface area contributed by atoms with Gasteiger partial charge in [0.25, 0.3) is 0 Å². The van der Waals surface area contributed by atoms with E-state index in [9.17, 15) is 4.79 Å². The van der Waals surface area contributed by atoms with Crippen LogP contribution in [0.15, 0.2) is 50.7 Å². The molecule has 1 heterocycles. The van der Waals surface area contributed by atoms with Crippen LogP contribution in [-0.2, 0) is 0 Å². The van der Waals surface area contributed by atoms with Crippen molar-refractivity contribution in [2.24, 2.45) is 0 Å². The molecular weight excluding hydrogens is 368 g/mol. The fraction of sp³-hybridized carbons (Fsp3) is 0.458. The maximum absolute atomic E-state index is 12.3. The molecule has 0 fully saturated rings. The highest BCUT2D eigenvalue weighted by Crippen LogP contribution is 2.35. The number of rotatable bonds is 8. The third kappa shape index (κ3) is 6.70. The first-order valence-electron chi connectivity index (χ1n) is 9.86. The van der Waals surface area contributed by atoms with Crippen molar-refractivity contribution in [2.75, 3.05) is 13.7 Å². The molecule has 0 atom stereocenters. The Morgan fingerprint density at radius 1 is 1.10 bits per heavy atom. The molecule has 0 N–H and O–H groups in total. The molecule has 2 aromatic rings. The first-order chi connectivity index (χ1) is 13.6. The number of fused-ring (bicyclic) bond motifs is 1. The average Bonchev–Trinajstić information content (AvgIpc) is 2.59. The Labute approximate surface area is 173 Å². The lowest BCUT2D eigenvalue weighted by atomic mass is 10.1. The fourth-order valence-corrected chi connectivity index (χ4v) is 2.83. The van der Waals surface area contributed by atoms with Gasteiger partial charge in [-0.3, -0.25) is 0 Å². The largest absolute Gasteiger partial charge is 0.488 e. The lowest BCUT2D eigenvalue weighted by Gasteiger charge is -2.21. The first kappa shape index (κ1) is 22.6. The minimum absolute atomic E-state index is 0.0672. The average molecular weight is 401 g/mol. The summed E-state index contributed by atoms with van der Waals surface area (Å²) < 4.78 is 22.5. The summed E-state index contributed by atoms with van der Waals surface area (Å²) in [6, 6.07) is 5.36. The molecule has 0 aliphatic carbocycles. The summed E-state index contributed by atoms with van der Waals surface area (Å²) in [5, 5.41) is 0.665. The molecule has 1 aromatic carbocycles. The Hall–Kier alpha value is -2.69. The van der Waals surface area contributed by atoms with E-state index in [1.165, 1.54) is 18.3 Å². The highest BCUT2D eigenvalue weighted by atomic mass is 16.5. The number of methoxy groups -OCH3 is 1. The van der Waals surface area contributed by atoms with E-state index in [1.807, 2.05) is 39.0 Å². The maximum Gasteiger partial charge on any atom is 0.383 e. The molecule has 0 amide bonds. The molecule has 0 bridgehead atoms. The number of ether oxygens (including phenoxy) is 3. The van der Waals surface area contributed by atoms with E-state index < -0.39 is 5.63 Å². The smallest absolute Gasteiger partial charge is 0.383 e. The van der Waals surface area contributed by atoms with Crippen LogP contribution in [0.1, 0.15) is 54.4 Å². The summed E-state index contributed by atoms with van der Waals surface area (Å²) in [6.45, 7) is 12.5. The van der Waals surface area contributed by atoms with Gasteiger partial charge < -0.3 is 18.6 Å². The minimum atomic E-state index is -0.577. The summed E-state index contributed by atoms with van der Waals surface area (Å²) >= 11 is 0. The summed E-state index contributed by atoms with van der Waals surface area (Å²) in [6.07, 6.45) is 6.21. The monoisotopic (exact) mass is 400 g/mol.